The zero-order valence-electron chi connectivity index (χ0n) is 20.8. The van der Waals surface area contributed by atoms with Crippen molar-refractivity contribution in [2.45, 2.75) is 64.2 Å². The van der Waals surface area contributed by atoms with Gasteiger partial charge in [-0.05, 0) is 72.4 Å². The summed E-state index contributed by atoms with van der Waals surface area (Å²) < 4.78 is 13.6. The lowest BCUT2D eigenvalue weighted by atomic mass is 9.83. The molecule has 36 heavy (non-hydrogen) atoms. The molecule has 0 bridgehead atoms. The number of amides is 1. The molecule has 2 aromatic carbocycles. The highest BCUT2D eigenvalue weighted by molar-refractivity contribution is 5.97. The van der Waals surface area contributed by atoms with E-state index in [4.69, 9.17) is 0 Å². The maximum atomic E-state index is 13.7. The van der Waals surface area contributed by atoms with Crippen LogP contribution in [0, 0.1) is 18.7 Å². The van der Waals surface area contributed by atoms with Gasteiger partial charge >= 0.3 is 5.97 Å². The van der Waals surface area contributed by atoms with Gasteiger partial charge in [0.2, 0.25) is 5.91 Å². The van der Waals surface area contributed by atoms with Crippen LogP contribution in [0.1, 0.15) is 74.0 Å². The lowest BCUT2D eigenvalue weighted by Gasteiger charge is -2.25. The fourth-order valence-electron chi connectivity index (χ4n) is 5.51. The normalized spacial score (nSPS) is 15.4. The van der Waals surface area contributed by atoms with Crippen LogP contribution in [0.2, 0.25) is 0 Å². The number of pyridine rings is 1. The van der Waals surface area contributed by atoms with E-state index in [1.54, 1.807) is 6.20 Å². The number of nitrogens with zero attached hydrogens (tertiary/aromatic N) is 1. The minimum absolute atomic E-state index is 0.0476. The van der Waals surface area contributed by atoms with Crippen molar-refractivity contribution in [3.8, 4) is 11.1 Å². The summed E-state index contributed by atoms with van der Waals surface area (Å²) in [5.74, 6) is -1.40. The molecule has 1 aromatic heterocycles. The van der Waals surface area contributed by atoms with Crippen molar-refractivity contribution >= 4 is 17.6 Å². The third-order valence-corrected chi connectivity index (χ3v) is 7.45. The second kappa shape index (κ2) is 11.5. The number of carbonyl (C=O) groups excluding carboxylic acids is 1. The zero-order valence-corrected chi connectivity index (χ0v) is 20.8. The number of carboxylic acids is 1. The molecule has 1 saturated carbocycles. The molecule has 6 heteroatoms. The average molecular weight is 489 g/mol. The Morgan fingerprint density at radius 1 is 1.08 bits per heavy atom. The van der Waals surface area contributed by atoms with Crippen LogP contribution >= 0.6 is 0 Å². The molecule has 1 fully saturated rings. The van der Waals surface area contributed by atoms with Crippen LogP contribution in [0.4, 0.5) is 10.1 Å². The van der Waals surface area contributed by atoms with E-state index >= 15 is 0 Å². The molecule has 1 aliphatic carbocycles. The SMILES string of the molecule is CCC(CC(=O)O)c1cccc(NC(=O)C(c2ccc(-c3cncc(F)c3)cc2)C2CCCC2)c1C. The first-order chi connectivity index (χ1) is 17.4. The topological polar surface area (TPSA) is 79.3 Å². The molecule has 0 spiro atoms. The third kappa shape index (κ3) is 5.81. The molecule has 0 saturated heterocycles. The fourth-order valence-corrected chi connectivity index (χ4v) is 5.51. The van der Waals surface area contributed by atoms with Gasteiger partial charge in [-0.3, -0.25) is 14.6 Å². The third-order valence-electron chi connectivity index (χ3n) is 7.45. The van der Waals surface area contributed by atoms with E-state index in [0.717, 1.165) is 53.6 Å². The Balaban J connectivity index is 1.60. The molecule has 2 atom stereocenters. The van der Waals surface area contributed by atoms with Gasteiger partial charge in [0.1, 0.15) is 5.82 Å². The molecule has 5 nitrogen and oxygen atoms in total. The van der Waals surface area contributed by atoms with Gasteiger partial charge in [0.15, 0.2) is 0 Å². The highest BCUT2D eigenvalue weighted by Crippen LogP contribution is 2.39. The zero-order chi connectivity index (χ0) is 25.7. The molecular weight excluding hydrogens is 455 g/mol. The van der Waals surface area contributed by atoms with Crippen molar-refractivity contribution in [1.82, 2.24) is 4.98 Å². The molecule has 2 unspecified atom stereocenters. The highest BCUT2D eigenvalue weighted by Gasteiger charge is 2.32. The summed E-state index contributed by atoms with van der Waals surface area (Å²) in [6.45, 7) is 3.93. The summed E-state index contributed by atoms with van der Waals surface area (Å²) in [6.07, 6.45) is 7.82. The molecule has 1 heterocycles. The number of benzene rings is 2. The second-order valence-corrected chi connectivity index (χ2v) is 9.75. The van der Waals surface area contributed by atoms with Gasteiger partial charge in [-0.1, -0.05) is 56.2 Å². The summed E-state index contributed by atoms with van der Waals surface area (Å²) in [5, 5.41) is 12.5. The number of carbonyl (C=O) groups is 2. The fraction of sp³-hybridized carbons (Fsp3) is 0.367. The molecule has 0 aliphatic heterocycles. The van der Waals surface area contributed by atoms with Gasteiger partial charge in [-0.15, -0.1) is 0 Å². The van der Waals surface area contributed by atoms with Crippen LogP contribution in [0.3, 0.4) is 0 Å². The molecular formula is C30H33FN2O3. The number of aliphatic carboxylic acids is 1. The van der Waals surface area contributed by atoms with E-state index in [1.165, 1.54) is 12.3 Å². The first-order valence-corrected chi connectivity index (χ1v) is 12.7. The quantitative estimate of drug-likeness (QED) is 0.337. The Bertz CT molecular complexity index is 1220. The summed E-state index contributed by atoms with van der Waals surface area (Å²) in [7, 11) is 0. The average Bonchev–Trinajstić information content (AvgIpc) is 3.39. The van der Waals surface area contributed by atoms with Crippen molar-refractivity contribution in [1.29, 1.82) is 0 Å². The van der Waals surface area contributed by atoms with Gasteiger partial charge in [-0.25, -0.2) is 4.39 Å². The van der Waals surface area contributed by atoms with Gasteiger partial charge in [0.25, 0.3) is 0 Å². The van der Waals surface area contributed by atoms with Crippen LogP contribution in [-0.4, -0.2) is 22.0 Å². The van der Waals surface area contributed by atoms with Crippen LogP contribution in [-0.2, 0) is 9.59 Å². The predicted octanol–water partition coefficient (Wildman–Crippen LogP) is 7.08. The standard InChI is InChI=1S/C30H33FN2O3/c1-3-20(16-28(34)35)26-9-6-10-27(19(26)2)33-30(36)29(22-7-4-5-8-22)23-13-11-21(12-14-23)24-15-25(31)18-32-17-24/h6,9-15,17-18,20,22,29H,3-5,7-8,16H2,1-2H3,(H,33,36)(H,34,35). The van der Waals surface area contributed by atoms with E-state index < -0.39 is 5.97 Å². The smallest absolute Gasteiger partial charge is 0.303 e. The molecule has 2 N–H and O–H groups in total. The highest BCUT2D eigenvalue weighted by atomic mass is 19.1. The summed E-state index contributed by atoms with van der Waals surface area (Å²) in [5.41, 5.74) is 5.10. The number of aromatic nitrogens is 1. The molecule has 0 radical (unpaired) electrons. The maximum absolute atomic E-state index is 13.7. The Morgan fingerprint density at radius 3 is 2.44 bits per heavy atom. The monoisotopic (exact) mass is 488 g/mol. The molecule has 188 valence electrons. The summed E-state index contributed by atoms with van der Waals surface area (Å²) in [4.78, 5) is 29.0. The van der Waals surface area contributed by atoms with E-state index in [1.807, 2.05) is 56.3 Å². The Kier molecular flexibility index (Phi) is 8.14. The number of nitrogens with one attached hydrogen (secondary N) is 1. The minimum atomic E-state index is -0.825. The first kappa shape index (κ1) is 25.5. The minimum Gasteiger partial charge on any atom is -0.481 e. The van der Waals surface area contributed by atoms with Gasteiger partial charge in [-0.2, -0.15) is 0 Å². The Morgan fingerprint density at radius 2 is 1.81 bits per heavy atom. The van der Waals surface area contributed by atoms with Gasteiger partial charge in [0.05, 0.1) is 18.5 Å². The lowest BCUT2D eigenvalue weighted by Crippen LogP contribution is -2.27. The van der Waals surface area contributed by atoms with Crippen LogP contribution in [0.25, 0.3) is 11.1 Å². The van der Waals surface area contributed by atoms with E-state index in [9.17, 15) is 19.1 Å². The van der Waals surface area contributed by atoms with Crippen molar-refractivity contribution in [2.75, 3.05) is 5.32 Å². The predicted molar refractivity (Wildman–Crippen MR) is 139 cm³/mol. The van der Waals surface area contributed by atoms with E-state index in [0.29, 0.717) is 12.0 Å². The molecule has 3 aromatic rings. The number of halogens is 1. The number of hydrogen-bond donors (Lipinski definition) is 2. The van der Waals surface area contributed by atoms with Crippen molar-refractivity contribution in [3.63, 3.8) is 0 Å². The molecule has 4 rings (SSSR count). The van der Waals surface area contributed by atoms with E-state index in [-0.39, 0.29) is 35.9 Å². The van der Waals surface area contributed by atoms with Crippen LogP contribution in [0.5, 0.6) is 0 Å². The Hall–Kier alpha value is -3.54. The van der Waals surface area contributed by atoms with Crippen molar-refractivity contribution < 1.29 is 19.1 Å². The number of carboxylic acid groups (broad SMARTS) is 1. The first-order valence-electron chi connectivity index (χ1n) is 12.7. The molecule has 1 aliphatic rings. The van der Waals surface area contributed by atoms with Crippen molar-refractivity contribution in [3.05, 3.63) is 83.4 Å². The number of rotatable bonds is 9. The van der Waals surface area contributed by atoms with Crippen LogP contribution in [0.15, 0.2) is 60.9 Å². The lowest BCUT2D eigenvalue weighted by molar-refractivity contribution is -0.137. The molecule has 1 amide bonds. The Labute approximate surface area is 211 Å². The van der Waals surface area contributed by atoms with Gasteiger partial charge < -0.3 is 10.4 Å². The van der Waals surface area contributed by atoms with Gasteiger partial charge in [0, 0.05) is 17.4 Å². The largest absolute Gasteiger partial charge is 0.481 e. The number of anilines is 1. The number of hydrogen-bond acceptors (Lipinski definition) is 3. The van der Waals surface area contributed by atoms with Crippen LogP contribution < -0.4 is 5.32 Å². The second-order valence-electron chi connectivity index (χ2n) is 9.75. The van der Waals surface area contributed by atoms with Crippen molar-refractivity contribution in [2.24, 2.45) is 5.92 Å². The maximum Gasteiger partial charge on any atom is 0.303 e. The summed E-state index contributed by atoms with van der Waals surface area (Å²) >= 11 is 0. The summed E-state index contributed by atoms with van der Waals surface area (Å²) in [6, 6.07) is 14.9. The van der Waals surface area contributed by atoms with E-state index in [2.05, 4.69) is 10.3 Å².